The number of furan rings is 1. The molecule has 0 aliphatic carbocycles. The fraction of sp³-hybridized carbons (Fsp3) is 0.167. The van der Waals surface area contributed by atoms with Gasteiger partial charge < -0.3 is 4.42 Å². The molecule has 0 aliphatic rings. The van der Waals surface area contributed by atoms with Crippen molar-refractivity contribution in [1.29, 1.82) is 0 Å². The lowest BCUT2D eigenvalue weighted by Crippen LogP contribution is -2.04. The predicted octanol–water partition coefficient (Wildman–Crippen LogP) is 4.64. The van der Waals surface area contributed by atoms with Gasteiger partial charge in [-0.3, -0.25) is 4.57 Å². The first kappa shape index (κ1) is 16.1. The number of thiazole rings is 1. The smallest absolute Gasteiger partial charge is 0.192 e. The molecular formula is C18H16N4OS2. The van der Waals surface area contributed by atoms with Crippen LogP contribution < -0.4 is 0 Å². The fourth-order valence-electron chi connectivity index (χ4n) is 2.57. The van der Waals surface area contributed by atoms with Gasteiger partial charge in [0, 0.05) is 11.1 Å². The number of hydrogen-bond acceptors (Lipinski definition) is 6. The number of nitrogens with zero attached hydrogens (tertiary/aromatic N) is 4. The Morgan fingerprint density at radius 2 is 2.04 bits per heavy atom. The fourth-order valence-corrected chi connectivity index (χ4v) is 4.07. The number of thioether (sulfide) groups is 1. The Labute approximate surface area is 153 Å². The third-order valence-corrected chi connectivity index (χ3v) is 5.47. The van der Waals surface area contributed by atoms with Crippen LogP contribution in [0.1, 0.15) is 17.0 Å². The highest BCUT2D eigenvalue weighted by molar-refractivity contribution is 7.98. The molecule has 0 atom stereocenters. The van der Waals surface area contributed by atoms with Crippen molar-refractivity contribution in [2.45, 2.75) is 24.4 Å². The summed E-state index contributed by atoms with van der Waals surface area (Å²) in [5.41, 5.74) is 5.10. The van der Waals surface area contributed by atoms with Crippen molar-refractivity contribution in [3.63, 3.8) is 0 Å². The Hall–Kier alpha value is -2.38. The Morgan fingerprint density at radius 3 is 2.76 bits per heavy atom. The Bertz CT molecular complexity index is 945. The summed E-state index contributed by atoms with van der Waals surface area (Å²) >= 11 is 3.26. The molecule has 0 saturated carbocycles. The van der Waals surface area contributed by atoms with Crippen LogP contribution in [-0.2, 0) is 12.3 Å². The summed E-state index contributed by atoms with van der Waals surface area (Å²) in [6.07, 6.45) is 1.69. The third kappa shape index (κ3) is 3.52. The monoisotopic (exact) mass is 368 g/mol. The highest BCUT2D eigenvalue weighted by Crippen LogP contribution is 2.29. The molecule has 1 aromatic carbocycles. The van der Waals surface area contributed by atoms with E-state index in [0.717, 1.165) is 33.8 Å². The minimum atomic E-state index is 0.715. The van der Waals surface area contributed by atoms with Gasteiger partial charge in [-0.1, -0.05) is 42.1 Å². The predicted molar refractivity (Wildman–Crippen MR) is 99.7 cm³/mol. The maximum atomic E-state index is 5.46. The molecule has 0 aliphatic heterocycles. The second-order valence-corrected chi connectivity index (χ2v) is 7.20. The van der Waals surface area contributed by atoms with Crippen molar-refractivity contribution >= 4 is 23.1 Å². The van der Waals surface area contributed by atoms with Crippen molar-refractivity contribution in [3.05, 3.63) is 70.6 Å². The summed E-state index contributed by atoms with van der Waals surface area (Å²) in [5, 5.41) is 11.8. The lowest BCUT2D eigenvalue weighted by atomic mass is 10.2. The molecule has 3 heterocycles. The van der Waals surface area contributed by atoms with Crippen LogP contribution in [0.3, 0.4) is 0 Å². The number of aryl methyl sites for hydroxylation is 1. The van der Waals surface area contributed by atoms with E-state index in [0.29, 0.717) is 6.54 Å². The number of rotatable bonds is 6. The second-order valence-electron chi connectivity index (χ2n) is 5.54. The molecule has 7 heteroatoms. The van der Waals surface area contributed by atoms with Gasteiger partial charge >= 0.3 is 0 Å². The molecule has 4 aromatic rings. The normalized spacial score (nSPS) is 11.1. The van der Waals surface area contributed by atoms with Crippen molar-refractivity contribution in [2.24, 2.45) is 0 Å². The number of hydrogen-bond donors (Lipinski definition) is 0. The second kappa shape index (κ2) is 7.25. The van der Waals surface area contributed by atoms with E-state index in [4.69, 9.17) is 4.42 Å². The lowest BCUT2D eigenvalue weighted by molar-refractivity contribution is 0.534. The Morgan fingerprint density at radius 1 is 1.16 bits per heavy atom. The molecule has 0 spiro atoms. The summed E-state index contributed by atoms with van der Waals surface area (Å²) in [5.74, 6) is 2.45. The largest absolute Gasteiger partial charge is 0.469 e. The first-order chi connectivity index (χ1) is 12.3. The van der Waals surface area contributed by atoms with Gasteiger partial charge in [-0.15, -0.1) is 21.5 Å². The average molecular weight is 368 g/mol. The van der Waals surface area contributed by atoms with E-state index in [-0.39, 0.29) is 0 Å². The molecule has 0 radical (unpaired) electrons. The van der Waals surface area contributed by atoms with Crippen LogP contribution in [0.25, 0.3) is 11.4 Å². The molecule has 5 nitrogen and oxygen atoms in total. The van der Waals surface area contributed by atoms with E-state index in [1.165, 1.54) is 5.56 Å². The zero-order chi connectivity index (χ0) is 17.1. The molecule has 0 saturated heterocycles. The molecule has 25 heavy (non-hydrogen) atoms. The highest BCUT2D eigenvalue weighted by atomic mass is 32.2. The van der Waals surface area contributed by atoms with E-state index in [1.807, 2.05) is 36.7 Å². The van der Waals surface area contributed by atoms with Gasteiger partial charge in [-0.2, -0.15) is 0 Å². The van der Waals surface area contributed by atoms with Crippen LogP contribution in [0.2, 0.25) is 0 Å². The molecule has 0 bridgehead atoms. The van der Waals surface area contributed by atoms with Crippen molar-refractivity contribution in [2.75, 3.05) is 0 Å². The summed E-state index contributed by atoms with van der Waals surface area (Å²) in [7, 11) is 0. The van der Waals surface area contributed by atoms with Gasteiger partial charge in [-0.05, 0) is 18.6 Å². The van der Waals surface area contributed by atoms with Crippen LogP contribution in [0.15, 0.2) is 63.1 Å². The van der Waals surface area contributed by atoms with Crippen LogP contribution >= 0.6 is 23.1 Å². The van der Waals surface area contributed by atoms with Crippen LogP contribution in [-0.4, -0.2) is 19.7 Å². The van der Waals surface area contributed by atoms with Gasteiger partial charge in [0.15, 0.2) is 11.0 Å². The molecule has 126 valence electrons. The van der Waals surface area contributed by atoms with Crippen LogP contribution in [0, 0.1) is 6.92 Å². The topological polar surface area (TPSA) is 56.7 Å². The maximum absolute atomic E-state index is 5.46. The summed E-state index contributed by atoms with van der Waals surface area (Å²) in [6, 6.07) is 12.3. The average Bonchev–Trinajstić information content (AvgIpc) is 3.36. The molecule has 0 N–H and O–H groups in total. The van der Waals surface area contributed by atoms with Crippen LogP contribution in [0.5, 0.6) is 0 Å². The summed E-state index contributed by atoms with van der Waals surface area (Å²) in [6.45, 7) is 2.66. The van der Waals surface area contributed by atoms with Crippen molar-refractivity contribution < 1.29 is 4.42 Å². The third-order valence-electron chi connectivity index (χ3n) is 3.83. The highest BCUT2D eigenvalue weighted by Gasteiger charge is 2.18. The van der Waals surface area contributed by atoms with E-state index in [1.54, 1.807) is 29.4 Å². The number of aromatic nitrogens is 4. The first-order valence-electron chi connectivity index (χ1n) is 7.82. The minimum Gasteiger partial charge on any atom is -0.469 e. The van der Waals surface area contributed by atoms with Gasteiger partial charge in [0.05, 0.1) is 29.6 Å². The van der Waals surface area contributed by atoms with Gasteiger partial charge in [-0.25, -0.2) is 4.98 Å². The van der Waals surface area contributed by atoms with E-state index in [9.17, 15) is 0 Å². The molecule has 0 fully saturated rings. The zero-order valence-electron chi connectivity index (χ0n) is 13.6. The zero-order valence-corrected chi connectivity index (χ0v) is 15.3. The molecule has 3 aromatic heterocycles. The minimum absolute atomic E-state index is 0.715. The molecule has 4 rings (SSSR count). The first-order valence-corrected chi connectivity index (χ1v) is 9.75. The quantitative estimate of drug-likeness (QED) is 0.464. The SMILES string of the molecule is Cc1occc1-c1nnc(SCc2cscn2)n1Cc1ccccc1. The van der Waals surface area contributed by atoms with Gasteiger partial charge in [0.25, 0.3) is 0 Å². The summed E-state index contributed by atoms with van der Waals surface area (Å²) in [4.78, 5) is 4.34. The molecule has 0 unspecified atom stereocenters. The Balaban J connectivity index is 1.68. The van der Waals surface area contributed by atoms with E-state index >= 15 is 0 Å². The summed E-state index contributed by atoms with van der Waals surface area (Å²) < 4.78 is 7.60. The van der Waals surface area contributed by atoms with Gasteiger partial charge in [0.1, 0.15) is 5.76 Å². The molecular weight excluding hydrogens is 352 g/mol. The van der Waals surface area contributed by atoms with Gasteiger partial charge in [0.2, 0.25) is 0 Å². The maximum Gasteiger partial charge on any atom is 0.192 e. The standard InChI is InChI=1S/C18H16N4OS2/c1-13-16(7-8-23-13)17-20-21-18(25-11-15-10-24-12-19-15)22(17)9-14-5-3-2-4-6-14/h2-8,10,12H,9,11H2,1H3. The van der Waals surface area contributed by atoms with Crippen molar-refractivity contribution in [1.82, 2.24) is 19.7 Å². The van der Waals surface area contributed by atoms with E-state index in [2.05, 4.69) is 37.3 Å². The van der Waals surface area contributed by atoms with E-state index < -0.39 is 0 Å². The van der Waals surface area contributed by atoms with Crippen LogP contribution in [0.4, 0.5) is 0 Å². The molecule has 0 amide bonds. The van der Waals surface area contributed by atoms with Crippen molar-refractivity contribution in [3.8, 4) is 11.4 Å². The Kier molecular flexibility index (Phi) is 4.67. The lowest BCUT2D eigenvalue weighted by Gasteiger charge is -2.09. The number of benzene rings is 1.